The van der Waals surface area contributed by atoms with Crippen molar-refractivity contribution in [1.29, 1.82) is 0 Å². The van der Waals surface area contributed by atoms with Crippen LogP contribution in [0.1, 0.15) is 13.8 Å². The molecule has 4 heteroatoms. The number of thiophene rings is 1. The maximum atomic E-state index is 6.22. The van der Waals surface area contributed by atoms with E-state index >= 15 is 0 Å². The van der Waals surface area contributed by atoms with Crippen LogP contribution in [-0.2, 0) is 0 Å². The van der Waals surface area contributed by atoms with Crippen molar-refractivity contribution in [2.24, 2.45) is 0 Å². The first kappa shape index (κ1) is 12.5. The van der Waals surface area contributed by atoms with Crippen LogP contribution in [-0.4, -0.2) is 13.1 Å². The van der Waals surface area contributed by atoms with Gasteiger partial charge in [-0.1, -0.05) is 11.6 Å². The van der Waals surface area contributed by atoms with E-state index in [0.29, 0.717) is 0 Å². The van der Waals surface area contributed by atoms with Gasteiger partial charge in [0.2, 0.25) is 0 Å². The normalized spacial score (nSPS) is 11.0. The second-order valence-corrected chi connectivity index (χ2v) is 6.13. The third-order valence-corrected chi connectivity index (χ3v) is 5.47. The second kappa shape index (κ2) is 5.10. The van der Waals surface area contributed by atoms with Crippen LogP contribution in [0.4, 0.5) is 5.00 Å². The summed E-state index contributed by atoms with van der Waals surface area (Å²) in [5.74, 6) is 0. The van der Waals surface area contributed by atoms with Gasteiger partial charge in [0, 0.05) is 27.1 Å². The first-order chi connectivity index (χ1) is 7.67. The number of anilines is 1. The number of benzene rings is 1. The Labute approximate surface area is 119 Å². The lowest BCUT2D eigenvalue weighted by atomic mass is 10.2. The van der Waals surface area contributed by atoms with Crippen molar-refractivity contribution in [2.75, 3.05) is 18.0 Å². The Hall–Kier alpha value is -0.0000000000000000833. The standard InChI is InChI=1S/C12H13ClINS/c1-3-15(4-2)11-7-8-9(13)5-6-10(14)12(8)16-11/h5-7H,3-4H2,1-2H3. The third kappa shape index (κ3) is 2.17. The van der Waals surface area contributed by atoms with Crippen LogP contribution in [0.2, 0.25) is 5.02 Å². The monoisotopic (exact) mass is 365 g/mol. The molecule has 0 aliphatic rings. The summed E-state index contributed by atoms with van der Waals surface area (Å²) in [6, 6.07) is 6.26. The molecule has 0 radical (unpaired) electrons. The van der Waals surface area contributed by atoms with Gasteiger partial charge in [-0.25, -0.2) is 0 Å². The molecule has 16 heavy (non-hydrogen) atoms. The molecule has 0 amide bonds. The van der Waals surface area contributed by atoms with Crippen LogP contribution in [0.15, 0.2) is 18.2 Å². The van der Waals surface area contributed by atoms with Crippen LogP contribution in [0.5, 0.6) is 0 Å². The molecule has 0 aliphatic heterocycles. The molecule has 0 atom stereocenters. The molecule has 0 N–H and O–H groups in total. The third-order valence-electron chi connectivity index (χ3n) is 2.64. The fourth-order valence-electron chi connectivity index (χ4n) is 1.74. The Kier molecular flexibility index (Phi) is 3.97. The zero-order valence-electron chi connectivity index (χ0n) is 9.26. The maximum Gasteiger partial charge on any atom is 0.0921 e. The maximum absolute atomic E-state index is 6.22. The van der Waals surface area contributed by atoms with Gasteiger partial charge in [0.25, 0.3) is 0 Å². The van der Waals surface area contributed by atoms with Gasteiger partial charge in [-0.05, 0) is 54.6 Å². The Morgan fingerprint density at radius 3 is 2.56 bits per heavy atom. The Balaban J connectivity index is 2.59. The summed E-state index contributed by atoms with van der Waals surface area (Å²) in [6.45, 7) is 6.44. The first-order valence-electron chi connectivity index (χ1n) is 5.29. The number of hydrogen-bond donors (Lipinski definition) is 0. The molecule has 2 aromatic rings. The van der Waals surface area contributed by atoms with Gasteiger partial charge < -0.3 is 4.90 Å². The Morgan fingerprint density at radius 2 is 2.00 bits per heavy atom. The summed E-state index contributed by atoms with van der Waals surface area (Å²) in [5.41, 5.74) is 0. The van der Waals surface area contributed by atoms with Gasteiger partial charge in [0.1, 0.15) is 0 Å². The van der Waals surface area contributed by atoms with Crippen molar-refractivity contribution < 1.29 is 0 Å². The minimum Gasteiger partial charge on any atom is -0.364 e. The van der Waals surface area contributed by atoms with E-state index in [-0.39, 0.29) is 0 Å². The largest absolute Gasteiger partial charge is 0.364 e. The van der Waals surface area contributed by atoms with Gasteiger partial charge in [0.05, 0.1) is 9.70 Å². The average Bonchev–Trinajstić information content (AvgIpc) is 2.71. The molecule has 0 fully saturated rings. The molecular weight excluding hydrogens is 353 g/mol. The van der Waals surface area contributed by atoms with E-state index in [2.05, 4.69) is 53.5 Å². The highest BCUT2D eigenvalue weighted by Crippen LogP contribution is 2.38. The summed E-state index contributed by atoms with van der Waals surface area (Å²) in [5, 5.41) is 3.34. The summed E-state index contributed by atoms with van der Waals surface area (Å²) in [6.07, 6.45) is 0. The molecule has 2 rings (SSSR count). The van der Waals surface area contributed by atoms with Crippen molar-refractivity contribution in [2.45, 2.75) is 13.8 Å². The van der Waals surface area contributed by atoms with E-state index in [1.807, 2.05) is 17.4 Å². The molecule has 1 aromatic carbocycles. The molecule has 0 saturated carbocycles. The minimum absolute atomic E-state index is 0.852. The van der Waals surface area contributed by atoms with Crippen LogP contribution >= 0.6 is 45.5 Å². The second-order valence-electron chi connectivity index (χ2n) is 3.53. The molecule has 0 spiro atoms. The van der Waals surface area contributed by atoms with Crippen LogP contribution in [0.25, 0.3) is 10.1 Å². The zero-order valence-corrected chi connectivity index (χ0v) is 13.0. The van der Waals surface area contributed by atoms with Crippen LogP contribution < -0.4 is 4.90 Å². The molecule has 0 bridgehead atoms. The molecule has 1 heterocycles. The van der Waals surface area contributed by atoms with Crippen molar-refractivity contribution in [3.63, 3.8) is 0 Å². The van der Waals surface area contributed by atoms with Crippen molar-refractivity contribution in [3.8, 4) is 0 Å². The van der Waals surface area contributed by atoms with Gasteiger partial charge >= 0.3 is 0 Å². The lowest BCUT2D eigenvalue weighted by Crippen LogP contribution is -2.20. The van der Waals surface area contributed by atoms with E-state index in [9.17, 15) is 0 Å². The topological polar surface area (TPSA) is 3.24 Å². The predicted octanol–water partition coefficient (Wildman–Crippen LogP) is 5.01. The fourth-order valence-corrected chi connectivity index (χ4v) is 4.02. The highest BCUT2D eigenvalue weighted by molar-refractivity contribution is 14.1. The van der Waals surface area contributed by atoms with E-state index in [0.717, 1.165) is 18.1 Å². The quantitative estimate of drug-likeness (QED) is 0.691. The summed E-state index contributed by atoms with van der Waals surface area (Å²) >= 11 is 10.4. The minimum atomic E-state index is 0.852. The number of nitrogens with zero attached hydrogens (tertiary/aromatic N) is 1. The number of hydrogen-bond acceptors (Lipinski definition) is 2. The smallest absolute Gasteiger partial charge is 0.0921 e. The number of fused-ring (bicyclic) bond motifs is 1. The number of halogens is 2. The lowest BCUT2D eigenvalue weighted by Gasteiger charge is -2.17. The predicted molar refractivity (Wildman–Crippen MR) is 83.1 cm³/mol. The van der Waals surface area contributed by atoms with Crippen molar-refractivity contribution in [3.05, 3.63) is 26.8 Å². The van der Waals surface area contributed by atoms with E-state index in [1.165, 1.54) is 18.7 Å². The number of rotatable bonds is 3. The molecule has 0 aliphatic carbocycles. The molecule has 0 unspecified atom stereocenters. The average molecular weight is 366 g/mol. The highest BCUT2D eigenvalue weighted by Gasteiger charge is 2.11. The van der Waals surface area contributed by atoms with Crippen LogP contribution in [0.3, 0.4) is 0 Å². The van der Waals surface area contributed by atoms with Gasteiger partial charge in [-0.2, -0.15) is 0 Å². The van der Waals surface area contributed by atoms with Gasteiger partial charge in [-0.15, -0.1) is 11.3 Å². The zero-order chi connectivity index (χ0) is 11.7. The SMILES string of the molecule is CCN(CC)c1cc2c(Cl)ccc(I)c2s1. The van der Waals surface area contributed by atoms with Crippen LogP contribution in [0, 0.1) is 3.57 Å². The molecular formula is C12H13ClINS. The van der Waals surface area contributed by atoms with E-state index < -0.39 is 0 Å². The summed E-state index contributed by atoms with van der Waals surface area (Å²) in [7, 11) is 0. The molecule has 86 valence electrons. The van der Waals surface area contributed by atoms with Crippen molar-refractivity contribution >= 4 is 60.6 Å². The van der Waals surface area contributed by atoms with E-state index in [1.54, 1.807) is 0 Å². The highest BCUT2D eigenvalue weighted by atomic mass is 127. The van der Waals surface area contributed by atoms with Crippen molar-refractivity contribution in [1.82, 2.24) is 0 Å². The molecule has 1 nitrogen and oxygen atoms in total. The first-order valence-corrected chi connectivity index (χ1v) is 7.57. The molecule has 0 saturated heterocycles. The van der Waals surface area contributed by atoms with Gasteiger partial charge in [0.15, 0.2) is 0 Å². The molecule has 1 aromatic heterocycles. The summed E-state index contributed by atoms with van der Waals surface area (Å²) < 4.78 is 2.58. The Morgan fingerprint density at radius 1 is 1.31 bits per heavy atom. The summed E-state index contributed by atoms with van der Waals surface area (Å²) in [4.78, 5) is 2.36. The Bertz CT molecular complexity index is 466. The lowest BCUT2D eigenvalue weighted by molar-refractivity contribution is 0.877. The fraction of sp³-hybridized carbons (Fsp3) is 0.333. The van der Waals surface area contributed by atoms with Gasteiger partial charge in [-0.3, -0.25) is 0 Å². The van der Waals surface area contributed by atoms with E-state index in [4.69, 9.17) is 11.6 Å².